The van der Waals surface area contributed by atoms with E-state index in [1.54, 1.807) is 19.2 Å². The summed E-state index contributed by atoms with van der Waals surface area (Å²) >= 11 is 0. The first-order chi connectivity index (χ1) is 12.3. The summed E-state index contributed by atoms with van der Waals surface area (Å²) < 4.78 is 38.0. The molecule has 1 heterocycles. The summed E-state index contributed by atoms with van der Waals surface area (Å²) in [6.45, 7) is -0.415. The standard InChI is InChI=1S/C17H23NO7S/c1-23-14-5-3-12(9-15(14)24-2)4-6-17(20)25-10-16(19)18-13-7-8-26(21,22)11-13/h3,5,9,13H,4,6-8,10-11H2,1-2H3,(H,18,19)/t13-/m0/s1. The summed E-state index contributed by atoms with van der Waals surface area (Å²) in [6.07, 6.45) is 0.934. The highest BCUT2D eigenvalue weighted by atomic mass is 32.2. The van der Waals surface area contributed by atoms with Crippen LogP contribution in [0.2, 0.25) is 0 Å². The predicted octanol–water partition coefficient (Wildman–Crippen LogP) is 0.483. The first kappa shape index (κ1) is 20.0. The van der Waals surface area contributed by atoms with Gasteiger partial charge in [0.2, 0.25) is 0 Å². The SMILES string of the molecule is COc1ccc(CCC(=O)OCC(=O)N[C@H]2CCS(=O)(=O)C2)cc1OC. The molecule has 1 fully saturated rings. The lowest BCUT2D eigenvalue weighted by atomic mass is 10.1. The van der Waals surface area contributed by atoms with Crippen LogP contribution in [0.4, 0.5) is 0 Å². The van der Waals surface area contributed by atoms with Gasteiger partial charge in [-0.2, -0.15) is 0 Å². The molecule has 1 aliphatic rings. The molecule has 26 heavy (non-hydrogen) atoms. The van der Waals surface area contributed by atoms with Crippen molar-refractivity contribution >= 4 is 21.7 Å². The highest BCUT2D eigenvalue weighted by molar-refractivity contribution is 7.91. The third-order valence-corrected chi connectivity index (χ3v) is 5.80. The van der Waals surface area contributed by atoms with Gasteiger partial charge in [0, 0.05) is 12.5 Å². The zero-order valence-corrected chi connectivity index (χ0v) is 15.6. The van der Waals surface area contributed by atoms with E-state index in [1.165, 1.54) is 7.11 Å². The lowest BCUT2D eigenvalue weighted by Crippen LogP contribution is -2.38. The van der Waals surface area contributed by atoms with E-state index in [2.05, 4.69) is 5.32 Å². The molecule has 0 aromatic heterocycles. The average molecular weight is 385 g/mol. The fourth-order valence-corrected chi connectivity index (χ4v) is 4.35. The Balaban J connectivity index is 1.73. The van der Waals surface area contributed by atoms with Gasteiger partial charge in [-0.25, -0.2) is 8.42 Å². The van der Waals surface area contributed by atoms with Gasteiger partial charge >= 0.3 is 5.97 Å². The monoisotopic (exact) mass is 385 g/mol. The topological polar surface area (TPSA) is 108 Å². The summed E-state index contributed by atoms with van der Waals surface area (Å²) in [5.41, 5.74) is 0.875. The molecule has 1 aromatic carbocycles. The van der Waals surface area contributed by atoms with E-state index >= 15 is 0 Å². The fourth-order valence-electron chi connectivity index (χ4n) is 2.68. The molecule has 1 atom stereocenters. The highest BCUT2D eigenvalue weighted by Crippen LogP contribution is 2.27. The molecule has 2 rings (SSSR count). The van der Waals surface area contributed by atoms with E-state index in [0.717, 1.165) is 5.56 Å². The van der Waals surface area contributed by atoms with Crippen LogP contribution in [-0.2, 0) is 30.6 Å². The molecule has 144 valence electrons. The third-order valence-electron chi connectivity index (χ3n) is 4.03. The van der Waals surface area contributed by atoms with Crippen LogP contribution in [0.15, 0.2) is 18.2 Å². The van der Waals surface area contributed by atoms with Crippen molar-refractivity contribution in [2.75, 3.05) is 32.3 Å². The van der Waals surface area contributed by atoms with Crippen molar-refractivity contribution < 1.29 is 32.2 Å². The smallest absolute Gasteiger partial charge is 0.306 e. The minimum Gasteiger partial charge on any atom is -0.493 e. The molecule has 9 heteroatoms. The Kier molecular flexibility index (Phi) is 6.84. The number of nitrogens with one attached hydrogen (secondary N) is 1. The molecule has 0 aliphatic carbocycles. The van der Waals surface area contributed by atoms with Crippen LogP contribution in [0.25, 0.3) is 0 Å². The minimum atomic E-state index is -3.06. The molecule has 0 radical (unpaired) electrons. The van der Waals surface area contributed by atoms with Crippen molar-refractivity contribution in [3.05, 3.63) is 23.8 Å². The van der Waals surface area contributed by atoms with Crippen molar-refractivity contribution in [1.82, 2.24) is 5.32 Å². The lowest BCUT2D eigenvalue weighted by molar-refractivity contribution is -0.148. The second-order valence-electron chi connectivity index (χ2n) is 6.02. The summed E-state index contributed by atoms with van der Waals surface area (Å²) in [7, 11) is 0.0103. The minimum absolute atomic E-state index is 0.0635. The van der Waals surface area contributed by atoms with E-state index in [-0.39, 0.29) is 17.9 Å². The maximum atomic E-state index is 11.8. The summed E-state index contributed by atoms with van der Waals surface area (Å²) in [5, 5.41) is 2.57. The molecule has 1 saturated heterocycles. The first-order valence-corrected chi connectivity index (χ1v) is 10.0. The van der Waals surface area contributed by atoms with E-state index < -0.39 is 34.4 Å². The van der Waals surface area contributed by atoms with Crippen LogP contribution in [-0.4, -0.2) is 58.7 Å². The molecule has 8 nitrogen and oxygen atoms in total. The normalized spacial score (nSPS) is 18.2. The number of methoxy groups -OCH3 is 2. The van der Waals surface area contributed by atoms with Crippen LogP contribution in [0.5, 0.6) is 11.5 Å². The maximum absolute atomic E-state index is 11.8. The van der Waals surface area contributed by atoms with Gasteiger partial charge in [0.15, 0.2) is 27.9 Å². The largest absolute Gasteiger partial charge is 0.493 e. The van der Waals surface area contributed by atoms with E-state index in [4.69, 9.17) is 14.2 Å². The zero-order chi connectivity index (χ0) is 19.2. The van der Waals surface area contributed by atoms with Crippen molar-refractivity contribution in [3.8, 4) is 11.5 Å². The predicted molar refractivity (Wildman–Crippen MR) is 94.0 cm³/mol. The second kappa shape index (κ2) is 8.88. The molecule has 0 unspecified atom stereocenters. The van der Waals surface area contributed by atoms with Crippen LogP contribution < -0.4 is 14.8 Å². The van der Waals surface area contributed by atoms with Gasteiger partial charge in [0.25, 0.3) is 5.91 Å². The molecule has 0 saturated carbocycles. The Morgan fingerprint density at radius 2 is 1.92 bits per heavy atom. The molecule has 1 aromatic rings. The number of ether oxygens (including phenoxy) is 3. The van der Waals surface area contributed by atoms with Crippen molar-refractivity contribution in [1.29, 1.82) is 0 Å². The van der Waals surface area contributed by atoms with E-state index in [9.17, 15) is 18.0 Å². The quantitative estimate of drug-likeness (QED) is 0.649. The number of esters is 1. The van der Waals surface area contributed by atoms with Crippen LogP contribution >= 0.6 is 0 Å². The van der Waals surface area contributed by atoms with Crippen molar-refractivity contribution in [3.63, 3.8) is 0 Å². The third kappa shape index (κ3) is 5.91. The van der Waals surface area contributed by atoms with Gasteiger partial charge in [0.05, 0.1) is 25.7 Å². The lowest BCUT2D eigenvalue weighted by Gasteiger charge is -2.11. The number of benzene rings is 1. The summed E-state index contributed by atoms with van der Waals surface area (Å²) in [6, 6.07) is 4.95. The Bertz CT molecular complexity index is 760. The molecule has 0 spiro atoms. The van der Waals surface area contributed by atoms with Gasteiger partial charge in [-0.15, -0.1) is 0 Å². The first-order valence-electron chi connectivity index (χ1n) is 8.19. The zero-order valence-electron chi connectivity index (χ0n) is 14.8. The Hall–Kier alpha value is -2.29. The number of sulfone groups is 1. The van der Waals surface area contributed by atoms with E-state index in [0.29, 0.717) is 24.3 Å². The van der Waals surface area contributed by atoms with Crippen molar-refractivity contribution in [2.45, 2.75) is 25.3 Å². The van der Waals surface area contributed by atoms with Gasteiger partial charge in [-0.1, -0.05) is 6.07 Å². The van der Waals surface area contributed by atoms with Gasteiger partial charge in [-0.3, -0.25) is 9.59 Å². The van der Waals surface area contributed by atoms with Crippen molar-refractivity contribution in [2.24, 2.45) is 0 Å². The van der Waals surface area contributed by atoms with Gasteiger partial charge in [-0.05, 0) is 30.5 Å². The molecule has 0 bridgehead atoms. The molecule has 1 aliphatic heterocycles. The Labute approximate surface area is 152 Å². The summed E-state index contributed by atoms with van der Waals surface area (Å²) in [4.78, 5) is 23.5. The summed E-state index contributed by atoms with van der Waals surface area (Å²) in [5.74, 6) is 0.184. The Morgan fingerprint density at radius 3 is 2.54 bits per heavy atom. The highest BCUT2D eigenvalue weighted by Gasteiger charge is 2.29. The number of rotatable bonds is 8. The van der Waals surface area contributed by atoms with Crippen LogP contribution in [0.1, 0.15) is 18.4 Å². The fraction of sp³-hybridized carbons (Fsp3) is 0.529. The number of carbonyl (C=O) groups is 2. The molecular weight excluding hydrogens is 362 g/mol. The number of hydrogen-bond acceptors (Lipinski definition) is 7. The molecular formula is C17H23NO7S. The van der Waals surface area contributed by atoms with E-state index in [1.807, 2.05) is 6.07 Å². The molecule has 1 N–H and O–H groups in total. The number of amides is 1. The number of hydrogen-bond donors (Lipinski definition) is 1. The molecule has 1 amide bonds. The van der Waals surface area contributed by atoms with Crippen LogP contribution in [0, 0.1) is 0 Å². The van der Waals surface area contributed by atoms with Crippen LogP contribution in [0.3, 0.4) is 0 Å². The second-order valence-corrected chi connectivity index (χ2v) is 8.25. The number of aryl methyl sites for hydroxylation is 1. The number of carbonyl (C=O) groups excluding carboxylic acids is 2. The Morgan fingerprint density at radius 1 is 1.19 bits per heavy atom. The van der Waals surface area contributed by atoms with Gasteiger partial charge < -0.3 is 19.5 Å². The van der Waals surface area contributed by atoms with Gasteiger partial charge in [0.1, 0.15) is 0 Å². The average Bonchev–Trinajstić information content (AvgIpc) is 2.96. The maximum Gasteiger partial charge on any atom is 0.306 e.